The minimum atomic E-state index is -0.900. The van der Waals surface area contributed by atoms with Crippen LogP contribution in [0.5, 0.6) is 0 Å². The first kappa shape index (κ1) is 16.5. The SMILES string of the molecule is O=C(NCCCCc1ccccc1)Nc1ccc2c(c1)B(O)OC2. The van der Waals surface area contributed by atoms with Crippen LogP contribution in [0.15, 0.2) is 48.5 Å². The van der Waals surface area contributed by atoms with Gasteiger partial charge in [-0.2, -0.15) is 0 Å². The van der Waals surface area contributed by atoms with Crippen molar-refractivity contribution in [3.05, 3.63) is 59.7 Å². The van der Waals surface area contributed by atoms with Gasteiger partial charge < -0.3 is 20.3 Å². The van der Waals surface area contributed by atoms with Crippen molar-refractivity contribution >= 4 is 24.3 Å². The number of carbonyl (C=O) groups is 1. The van der Waals surface area contributed by atoms with Crippen molar-refractivity contribution in [3.63, 3.8) is 0 Å². The normalized spacial score (nSPS) is 12.8. The number of rotatable bonds is 6. The minimum absolute atomic E-state index is 0.233. The van der Waals surface area contributed by atoms with E-state index in [-0.39, 0.29) is 6.03 Å². The average molecular weight is 324 g/mol. The van der Waals surface area contributed by atoms with E-state index in [4.69, 9.17) is 4.65 Å². The highest BCUT2D eigenvalue weighted by atomic mass is 16.5. The van der Waals surface area contributed by atoms with Crippen LogP contribution in [0.25, 0.3) is 0 Å². The Hall–Kier alpha value is -2.31. The van der Waals surface area contributed by atoms with E-state index in [9.17, 15) is 9.82 Å². The fraction of sp³-hybridized carbons (Fsp3) is 0.278. The molecule has 3 N–H and O–H groups in total. The number of aryl methyl sites for hydroxylation is 1. The molecule has 124 valence electrons. The number of anilines is 1. The molecule has 24 heavy (non-hydrogen) atoms. The molecule has 0 radical (unpaired) electrons. The van der Waals surface area contributed by atoms with Crippen LogP contribution in [-0.4, -0.2) is 24.7 Å². The molecule has 5 nitrogen and oxygen atoms in total. The monoisotopic (exact) mass is 324 g/mol. The van der Waals surface area contributed by atoms with Gasteiger partial charge in [-0.15, -0.1) is 0 Å². The summed E-state index contributed by atoms with van der Waals surface area (Å²) in [6.45, 7) is 1.04. The lowest BCUT2D eigenvalue weighted by atomic mass is 9.79. The van der Waals surface area contributed by atoms with Gasteiger partial charge >= 0.3 is 13.1 Å². The average Bonchev–Trinajstić information content (AvgIpc) is 2.96. The maximum atomic E-state index is 11.9. The minimum Gasteiger partial charge on any atom is -0.423 e. The summed E-state index contributed by atoms with van der Waals surface area (Å²) < 4.78 is 5.14. The molecule has 1 heterocycles. The molecule has 6 heteroatoms. The van der Waals surface area contributed by atoms with E-state index in [0.717, 1.165) is 30.3 Å². The Balaban J connectivity index is 1.38. The largest absolute Gasteiger partial charge is 0.491 e. The number of benzene rings is 2. The van der Waals surface area contributed by atoms with Crippen molar-refractivity contribution in [1.82, 2.24) is 5.32 Å². The van der Waals surface area contributed by atoms with Gasteiger partial charge in [-0.05, 0) is 48.0 Å². The summed E-state index contributed by atoms with van der Waals surface area (Å²) in [5.74, 6) is 0. The predicted molar refractivity (Wildman–Crippen MR) is 95.2 cm³/mol. The number of carbonyl (C=O) groups excluding carboxylic acids is 1. The first-order chi connectivity index (χ1) is 11.7. The zero-order valence-electron chi connectivity index (χ0n) is 13.5. The lowest BCUT2D eigenvalue weighted by Crippen LogP contribution is -2.31. The summed E-state index contributed by atoms with van der Waals surface area (Å²) in [6.07, 6.45) is 2.98. The van der Waals surface area contributed by atoms with Crippen LogP contribution < -0.4 is 16.1 Å². The van der Waals surface area contributed by atoms with Gasteiger partial charge in [-0.1, -0.05) is 36.4 Å². The van der Waals surface area contributed by atoms with E-state index in [2.05, 4.69) is 22.8 Å². The van der Waals surface area contributed by atoms with Crippen molar-refractivity contribution in [2.45, 2.75) is 25.9 Å². The lowest BCUT2D eigenvalue weighted by Gasteiger charge is -2.09. The summed E-state index contributed by atoms with van der Waals surface area (Å²) in [7, 11) is -0.900. The molecule has 3 rings (SSSR count). The van der Waals surface area contributed by atoms with Crippen LogP contribution in [0.2, 0.25) is 0 Å². The third kappa shape index (κ3) is 4.37. The van der Waals surface area contributed by atoms with Crippen LogP contribution in [0.3, 0.4) is 0 Å². The summed E-state index contributed by atoms with van der Waals surface area (Å²) in [5, 5.41) is 15.3. The Morgan fingerprint density at radius 2 is 2.00 bits per heavy atom. The molecule has 1 aliphatic heterocycles. The van der Waals surface area contributed by atoms with Crippen LogP contribution in [-0.2, 0) is 17.7 Å². The van der Waals surface area contributed by atoms with Gasteiger partial charge in [0.2, 0.25) is 0 Å². The Morgan fingerprint density at radius 3 is 2.83 bits per heavy atom. The Morgan fingerprint density at radius 1 is 1.17 bits per heavy atom. The maximum absolute atomic E-state index is 11.9. The van der Waals surface area contributed by atoms with Crippen molar-refractivity contribution in [2.75, 3.05) is 11.9 Å². The smallest absolute Gasteiger partial charge is 0.423 e. The highest BCUT2D eigenvalue weighted by Gasteiger charge is 2.27. The molecule has 0 saturated heterocycles. The topological polar surface area (TPSA) is 70.6 Å². The predicted octanol–water partition coefficient (Wildman–Crippen LogP) is 2.05. The number of unbranched alkanes of at least 4 members (excludes halogenated alkanes) is 1. The third-order valence-corrected chi connectivity index (χ3v) is 4.09. The molecule has 1 aliphatic rings. The molecular weight excluding hydrogens is 303 g/mol. The van der Waals surface area contributed by atoms with Crippen LogP contribution in [0.4, 0.5) is 10.5 Å². The van der Waals surface area contributed by atoms with Crippen LogP contribution in [0, 0.1) is 0 Å². The van der Waals surface area contributed by atoms with Gasteiger partial charge in [0.1, 0.15) is 0 Å². The van der Waals surface area contributed by atoms with Gasteiger partial charge in [0.15, 0.2) is 0 Å². The molecule has 0 unspecified atom stereocenters. The number of amides is 2. The molecule has 0 atom stereocenters. The van der Waals surface area contributed by atoms with Gasteiger partial charge in [-0.25, -0.2) is 4.79 Å². The number of hydrogen-bond acceptors (Lipinski definition) is 3. The van der Waals surface area contributed by atoms with Crippen molar-refractivity contribution < 1.29 is 14.5 Å². The maximum Gasteiger partial charge on any atom is 0.491 e. The second-order valence-electron chi connectivity index (χ2n) is 5.90. The summed E-state index contributed by atoms with van der Waals surface area (Å²) in [6, 6.07) is 15.5. The number of nitrogens with one attached hydrogen (secondary N) is 2. The molecule has 0 saturated carbocycles. The summed E-state index contributed by atoms with van der Waals surface area (Å²) in [5.41, 5.74) is 3.64. The van der Waals surface area contributed by atoms with Crippen molar-refractivity contribution in [1.29, 1.82) is 0 Å². The van der Waals surface area contributed by atoms with E-state index in [1.165, 1.54) is 5.56 Å². The van der Waals surface area contributed by atoms with E-state index < -0.39 is 7.12 Å². The zero-order chi connectivity index (χ0) is 16.8. The molecular formula is C18H21BN2O3. The second kappa shape index (κ2) is 7.99. The van der Waals surface area contributed by atoms with Gasteiger partial charge in [-0.3, -0.25) is 0 Å². The quantitative estimate of drug-likeness (QED) is 0.563. The van der Waals surface area contributed by atoms with Crippen molar-refractivity contribution in [3.8, 4) is 0 Å². The fourth-order valence-electron chi connectivity index (χ4n) is 2.77. The first-order valence-electron chi connectivity index (χ1n) is 8.23. The highest BCUT2D eigenvalue weighted by Crippen LogP contribution is 2.14. The number of hydrogen-bond donors (Lipinski definition) is 3. The summed E-state index contributed by atoms with van der Waals surface area (Å²) in [4.78, 5) is 11.9. The number of fused-ring (bicyclic) bond motifs is 1. The molecule has 0 aliphatic carbocycles. The lowest BCUT2D eigenvalue weighted by molar-refractivity contribution is 0.252. The Bertz CT molecular complexity index is 694. The van der Waals surface area contributed by atoms with Gasteiger partial charge in [0.25, 0.3) is 0 Å². The Kier molecular flexibility index (Phi) is 5.51. The third-order valence-electron chi connectivity index (χ3n) is 4.09. The van der Waals surface area contributed by atoms with Gasteiger partial charge in [0.05, 0.1) is 6.61 Å². The molecule has 2 aromatic rings. The zero-order valence-corrected chi connectivity index (χ0v) is 13.5. The fourth-order valence-corrected chi connectivity index (χ4v) is 2.77. The molecule has 0 aromatic heterocycles. The standard InChI is InChI=1S/C18H21BN2O3/c22-18(20-11-5-4-8-14-6-2-1-3-7-14)21-16-10-9-15-13-24-19(23)17(15)12-16/h1-3,6-7,9-10,12,23H,4-5,8,11,13H2,(H2,20,21,22). The van der Waals surface area contributed by atoms with Crippen molar-refractivity contribution in [2.24, 2.45) is 0 Å². The number of urea groups is 1. The highest BCUT2D eigenvalue weighted by molar-refractivity contribution is 6.61. The molecule has 2 aromatic carbocycles. The van der Waals surface area contributed by atoms with E-state index in [1.807, 2.05) is 30.3 Å². The van der Waals surface area contributed by atoms with Crippen LogP contribution in [0.1, 0.15) is 24.0 Å². The van der Waals surface area contributed by atoms with E-state index in [0.29, 0.717) is 18.8 Å². The van der Waals surface area contributed by atoms with Crippen LogP contribution >= 0.6 is 0 Å². The molecule has 2 amide bonds. The molecule has 0 spiro atoms. The van der Waals surface area contributed by atoms with Gasteiger partial charge in [0, 0.05) is 12.2 Å². The first-order valence-corrected chi connectivity index (χ1v) is 8.23. The van der Waals surface area contributed by atoms with E-state index in [1.54, 1.807) is 6.07 Å². The van der Waals surface area contributed by atoms with E-state index >= 15 is 0 Å². The molecule has 0 bridgehead atoms. The summed E-state index contributed by atoms with van der Waals surface area (Å²) >= 11 is 0. The molecule has 0 fully saturated rings. The Labute approximate surface area is 142 Å². The second-order valence-corrected chi connectivity index (χ2v) is 5.90.